The van der Waals surface area contributed by atoms with Crippen LogP contribution in [0.25, 0.3) is 0 Å². The van der Waals surface area contributed by atoms with Crippen molar-refractivity contribution in [1.29, 1.82) is 0 Å². The minimum Gasteiger partial charge on any atom is -0.382 e. The van der Waals surface area contributed by atoms with Crippen LogP contribution in [0, 0.1) is 22.9 Å². The zero-order chi connectivity index (χ0) is 14.7. The summed E-state index contributed by atoms with van der Waals surface area (Å²) < 4.78 is 13.1. The molecule has 104 valence electrons. The summed E-state index contributed by atoms with van der Waals surface area (Å²) in [6.45, 7) is 1.74. The monoisotopic (exact) mass is 275 g/mol. The van der Waals surface area contributed by atoms with Gasteiger partial charge < -0.3 is 10.6 Å². The first-order valence-electron chi connectivity index (χ1n) is 6.01. The van der Waals surface area contributed by atoms with Crippen molar-refractivity contribution in [2.24, 2.45) is 0 Å². The first-order chi connectivity index (χ1) is 9.52. The number of hydrogen-bond donors (Lipinski definition) is 2. The van der Waals surface area contributed by atoms with Gasteiger partial charge in [-0.25, -0.2) is 4.39 Å². The first kappa shape index (κ1) is 13.8. The zero-order valence-corrected chi connectivity index (χ0v) is 11.1. The van der Waals surface area contributed by atoms with Crippen LogP contribution in [0.4, 0.5) is 27.1 Å². The number of nitrogens with zero attached hydrogens (tertiary/aromatic N) is 1. The van der Waals surface area contributed by atoms with E-state index in [1.54, 1.807) is 38.2 Å². The van der Waals surface area contributed by atoms with Gasteiger partial charge in [0.1, 0.15) is 17.2 Å². The SMILES string of the molecule is CNc1cccc(Nc2ccc(F)cc2C)c1[N+](=O)[O-]. The summed E-state index contributed by atoms with van der Waals surface area (Å²) in [6, 6.07) is 9.18. The highest BCUT2D eigenvalue weighted by Crippen LogP contribution is 2.35. The molecule has 0 atom stereocenters. The highest BCUT2D eigenvalue weighted by Gasteiger charge is 2.19. The number of rotatable bonds is 4. The standard InChI is InChI=1S/C14H14FN3O2/c1-9-8-10(15)6-7-11(9)17-13-5-3-4-12(16-2)14(13)18(19)20/h3-8,16-17H,1-2H3. The van der Waals surface area contributed by atoms with Gasteiger partial charge in [-0.3, -0.25) is 10.1 Å². The van der Waals surface area contributed by atoms with Crippen LogP contribution in [0.2, 0.25) is 0 Å². The molecule has 20 heavy (non-hydrogen) atoms. The molecule has 0 aromatic heterocycles. The lowest BCUT2D eigenvalue weighted by Gasteiger charge is -2.12. The fourth-order valence-electron chi connectivity index (χ4n) is 1.96. The molecule has 0 spiro atoms. The van der Waals surface area contributed by atoms with Crippen LogP contribution in [0.5, 0.6) is 0 Å². The number of nitro groups is 1. The van der Waals surface area contributed by atoms with Crippen LogP contribution < -0.4 is 10.6 Å². The Labute approximate surface area is 115 Å². The molecule has 0 fully saturated rings. The van der Waals surface area contributed by atoms with E-state index < -0.39 is 4.92 Å². The lowest BCUT2D eigenvalue weighted by molar-refractivity contribution is -0.383. The molecule has 5 nitrogen and oxygen atoms in total. The van der Waals surface area contributed by atoms with Gasteiger partial charge in [0.25, 0.3) is 0 Å². The van der Waals surface area contributed by atoms with E-state index in [0.29, 0.717) is 22.6 Å². The Morgan fingerprint density at radius 2 is 1.85 bits per heavy atom. The van der Waals surface area contributed by atoms with Gasteiger partial charge >= 0.3 is 5.69 Å². The number of hydrogen-bond acceptors (Lipinski definition) is 4. The molecular formula is C14H14FN3O2. The number of anilines is 3. The van der Waals surface area contributed by atoms with Crippen molar-refractivity contribution in [3.8, 4) is 0 Å². The Hall–Kier alpha value is -2.63. The largest absolute Gasteiger partial charge is 0.382 e. The predicted octanol–water partition coefficient (Wildman–Crippen LogP) is 3.83. The summed E-state index contributed by atoms with van der Waals surface area (Å²) >= 11 is 0. The number of aryl methyl sites for hydroxylation is 1. The van der Waals surface area contributed by atoms with E-state index in [0.717, 1.165) is 0 Å². The lowest BCUT2D eigenvalue weighted by atomic mass is 10.1. The molecule has 0 bridgehead atoms. The van der Waals surface area contributed by atoms with Crippen molar-refractivity contribution in [1.82, 2.24) is 0 Å². The molecule has 0 aliphatic rings. The third-order valence-corrected chi connectivity index (χ3v) is 2.95. The van der Waals surface area contributed by atoms with Gasteiger partial charge in [-0.2, -0.15) is 0 Å². The van der Waals surface area contributed by atoms with Crippen molar-refractivity contribution < 1.29 is 9.31 Å². The molecule has 0 unspecified atom stereocenters. The maximum Gasteiger partial charge on any atom is 0.315 e. The Kier molecular flexibility index (Phi) is 3.84. The van der Waals surface area contributed by atoms with E-state index in [4.69, 9.17) is 0 Å². The minimum atomic E-state index is -0.451. The molecule has 2 rings (SSSR count). The van der Waals surface area contributed by atoms with Crippen LogP contribution in [0.1, 0.15) is 5.56 Å². The Bertz CT molecular complexity index is 659. The molecule has 2 N–H and O–H groups in total. The highest BCUT2D eigenvalue weighted by atomic mass is 19.1. The molecule has 2 aromatic rings. The number of nitro benzene ring substituents is 1. The fourth-order valence-corrected chi connectivity index (χ4v) is 1.96. The van der Waals surface area contributed by atoms with Gasteiger partial charge in [-0.1, -0.05) is 6.07 Å². The average Bonchev–Trinajstić information content (AvgIpc) is 2.41. The highest BCUT2D eigenvalue weighted by molar-refractivity contribution is 5.80. The van der Waals surface area contributed by atoms with Crippen LogP contribution in [-0.4, -0.2) is 12.0 Å². The summed E-state index contributed by atoms with van der Waals surface area (Å²) in [5, 5.41) is 17.0. The van der Waals surface area contributed by atoms with Crippen molar-refractivity contribution in [3.63, 3.8) is 0 Å². The maximum atomic E-state index is 13.1. The molecule has 0 amide bonds. The topological polar surface area (TPSA) is 67.2 Å². The average molecular weight is 275 g/mol. The first-order valence-corrected chi connectivity index (χ1v) is 6.01. The van der Waals surface area contributed by atoms with Crippen LogP contribution >= 0.6 is 0 Å². The molecule has 0 aliphatic heterocycles. The van der Waals surface area contributed by atoms with Crippen LogP contribution in [-0.2, 0) is 0 Å². The van der Waals surface area contributed by atoms with E-state index in [2.05, 4.69) is 10.6 Å². The number of benzene rings is 2. The Morgan fingerprint density at radius 1 is 1.15 bits per heavy atom. The zero-order valence-electron chi connectivity index (χ0n) is 11.1. The molecule has 0 saturated heterocycles. The van der Waals surface area contributed by atoms with E-state index >= 15 is 0 Å². The van der Waals surface area contributed by atoms with Crippen molar-refractivity contribution in [3.05, 3.63) is 57.9 Å². The fraction of sp³-hybridized carbons (Fsp3) is 0.143. The summed E-state index contributed by atoms with van der Waals surface area (Å²) in [7, 11) is 1.62. The summed E-state index contributed by atoms with van der Waals surface area (Å²) in [6.07, 6.45) is 0. The van der Waals surface area contributed by atoms with Crippen molar-refractivity contribution >= 4 is 22.7 Å². The molecular weight excluding hydrogens is 261 g/mol. The third-order valence-electron chi connectivity index (χ3n) is 2.95. The van der Waals surface area contributed by atoms with Crippen LogP contribution in [0.15, 0.2) is 36.4 Å². The van der Waals surface area contributed by atoms with E-state index in [1.807, 2.05) is 0 Å². The molecule has 2 aromatic carbocycles. The van der Waals surface area contributed by atoms with E-state index in [1.165, 1.54) is 12.1 Å². The second kappa shape index (κ2) is 5.56. The molecule has 0 radical (unpaired) electrons. The predicted molar refractivity (Wildman–Crippen MR) is 77.1 cm³/mol. The number of halogens is 1. The van der Waals surface area contributed by atoms with Gasteiger partial charge in [0.05, 0.1) is 4.92 Å². The Balaban J connectivity index is 2.45. The normalized spacial score (nSPS) is 10.2. The molecule has 0 aliphatic carbocycles. The van der Waals surface area contributed by atoms with Crippen molar-refractivity contribution in [2.75, 3.05) is 17.7 Å². The minimum absolute atomic E-state index is 0.0428. The van der Waals surface area contributed by atoms with Gasteiger partial charge in [-0.15, -0.1) is 0 Å². The Morgan fingerprint density at radius 3 is 2.45 bits per heavy atom. The van der Waals surface area contributed by atoms with Gasteiger partial charge in [0.2, 0.25) is 0 Å². The van der Waals surface area contributed by atoms with Gasteiger partial charge in [0, 0.05) is 12.7 Å². The van der Waals surface area contributed by atoms with Crippen LogP contribution in [0.3, 0.4) is 0 Å². The second-order valence-corrected chi connectivity index (χ2v) is 4.29. The smallest absolute Gasteiger partial charge is 0.315 e. The van der Waals surface area contributed by atoms with Gasteiger partial charge in [-0.05, 0) is 42.8 Å². The van der Waals surface area contributed by atoms with E-state index in [9.17, 15) is 14.5 Å². The maximum absolute atomic E-state index is 13.1. The number of nitrogens with one attached hydrogen (secondary N) is 2. The summed E-state index contributed by atoms with van der Waals surface area (Å²) in [5.41, 5.74) is 2.03. The summed E-state index contributed by atoms with van der Waals surface area (Å²) in [5.74, 6) is -0.341. The molecule has 0 saturated carbocycles. The molecule has 6 heteroatoms. The summed E-state index contributed by atoms with van der Waals surface area (Å²) in [4.78, 5) is 10.7. The molecule has 0 heterocycles. The van der Waals surface area contributed by atoms with Crippen molar-refractivity contribution in [2.45, 2.75) is 6.92 Å². The van der Waals surface area contributed by atoms with Gasteiger partial charge in [0.15, 0.2) is 0 Å². The number of para-hydroxylation sites is 1. The second-order valence-electron chi connectivity index (χ2n) is 4.29. The lowest BCUT2D eigenvalue weighted by Crippen LogP contribution is -2.02. The van der Waals surface area contributed by atoms with E-state index in [-0.39, 0.29) is 11.5 Å². The third kappa shape index (κ3) is 2.69. The quantitative estimate of drug-likeness (QED) is 0.657.